The zero-order valence-electron chi connectivity index (χ0n) is 16.9. The van der Waals surface area contributed by atoms with Crippen molar-refractivity contribution in [2.24, 2.45) is 0 Å². The van der Waals surface area contributed by atoms with Crippen molar-refractivity contribution in [2.45, 2.75) is 26.4 Å². The van der Waals surface area contributed by atoms with Gasteiger partial charge in [0.25, 0.3) is 5.91 Å². The molecule has 2 amide bonds. The van der Waals surface area contributed by atoms with Crippen molar-refractivity contribution in [1.82, 2.24) is 4.98 Å². The van der Waals surface area contributed by atoms with E-state index in [4.69, 9.17) is 4.74 Å². The number of benzene rings is 2. The van der Waals surface area contributed by atoms with E-state index >= 15 is 0 Å². The van der Waals surface area contributed by atoms with Crippen LogP contribution in [-0.4, -0.2) is 22.6 Å². The van der Waals surface area contributed by atoms with Crippen molar-refractivity contribution in [3.05, 3.63) is 78.4 Å². The highest BCUT2D eigenvalue weighted by Gasteiger charge is 2.19. The molecule has 3 rings (SSSR count). The van der Waals surface area contributed by atoms with Crippen molar-refractivity contribution in [2.75, 3.05) is 10.6 Å². The Balaban J connectivity index is 1.85. The molecule has 2 N–H and O–H groups in total. The molecular weight excluding hydrogens is 385 g/mol. The molecule has 1 heterocycles. The summed E-state index contributed by atoms with van der Waals surface area (Å²) in [5.41, 5.74) is 1.61. The monoisotopic (exact) mass is 407 g/mol. The second-order valence-electron chi connectivity index (χ2n) is 7.54. The van der Waals surface area contributed by atoms with Gasteiger partial charge in [0.1, 0.15) is 5.60 Å². The van der Waals surface area contributed by atoms with Crippen LogP contribution in [-0.2, 0) is 4.74 Å². The Labute approximate surface area is 174 Å². The molecule has 0 atom stereocenters. The average Bonchev–Trinajstić information content (AvgIpc) is 2.68. The lowest BCUT2D eigenvalue weighted by molar-refractivity contribution is 0.0635. The molecule has 0 aliphatic rings. The summed E-state index contributed by atoms with van der Waals surface area (Å²) >= 11 is 0. The van der Waals surface area contributed by atoms with Crippen LogP contribution in [0.1, 0.15) is 31.1 Å². The Morgan fingerprint density at radius 2 is 1.57 bits per heavy atom. The van der Waals surface area contributed by atoms with Crippen LogP contribution in [0.2, 0.25) is 0 Å². The highest BCUT2D eigenvalue weighted by Crippen LogP contribution is 2.27. The number of para-hydroxylation sites is 2. The lowest BCUT2D eigenvalue weighted by atomic mass is 10.00. The highest BCUT2D eigenvalue weighted by atomic mass is 19.1. The summed E-state index contributed by atoms with van der Waals surface area (Å²) in [5, 5.41) is 5.45. The number of aromatic nitrogens is 1. The number of anilines is 2. The first-order chi connectivity index (χ1) is 14.2. The van der Waals surface area contributed by atoms with Gasteiger partial charge in [0.15, 0.2) is 0 Å². The molecule has 0 spiro atoms. The summed E-state index contributed by atoms with van der Waals surface area (Å²) in [4.78, 5) is 28.7. The first kappa shape index (κ1) is 21.0. The summed E-state index contributed by atoms with van der Waals surface area (Å²) in [5.74, 6) is -1.03. The van der Waals surface area contributed by atoms with Gasteiger partial charge in [0, 0.05) is 17.8 Å². The lowest BCUT2D eigenvalue weighted by Gasteiger charge is -2.20. The van der Waals surface area contributed by atoms with Crippen molar-refractivity contribution in [1.29, 1.82) is 0 Å². The van der Waals surface area contributed by atoms with Gasteiger partial charge in [-0.05, 0) is 56.2 Å². The number of amides is 2. The van der Waals surface area contributed by atoms with Gasteiger partial charge in [0.2, 0.25) is 5.95 Å². The Bertz CT molecular complexity index is 1080. The van der Waals surface area contributed by atoms with E-state index < -0.39 is 23.5 Å². The first-order valence-corrected chi connectivity index (χ1v) is 9.34. The third-order valence-corrected chi connectivity index (χ3v) is 4.02. The van der Waals surface area contributed by atoms with Gasteiger partial charge in [-0.25, -0.2) is 9.78 Å². The van der Waals surface area contributed by atoms with E-state index in [2.05, 4.69) is 15.6 Å². The maximum absolute atomic E-state index is 13.6. The minimum Gasteiger partial charge on any atom is -0.444 e. The minimum atomic E-state index is -0.652. The fraction of sp³-hybridized carbons (Fsp3) is 0.174. The van der Waals surface area contributed by atoms with E-state index in [9.17, 15) is 14.0 Å². The molecule has 0 unspecified atom stereocenters. The largest absolute Gasteiger partial charge is 0.444 e. The van der Waals surface area contributed by atoms with Crippen LogP contribution >= 0.6 is 0 Å². The predicted molar refractivity (Wildman–Crippen MR) is 114 cm³/mol. The van der Waals surface area contributed by atoms with Gasteiger partial charge in [0.05, 0.1) is 11.4 Å². The molecule has 1 aromatic heterocycles. The summed E-state index contributed by atoms with van der Waals surface area (Å²) in [7, 11) is 0. The van der Waals surface area contributed by atoms with E-state index in [1.165, 1.54) is 12.3 Å². The predicted octanol–water partition coefficient (Wildman–Crippen LogP) is 5.49. The van der Waals surface area contributed by atoms with E-state index in [-0.39, 0.29) is 0 Å². The number of hydrogen-bond donors (Lipinski definition) is 2. The van der Waals surface area contributed by atoms with E-state index in [0.717, 1.165) is 0 Å². The summed E-state index contributed by atoms with van der Waals surface area (Å²) in [6.45, 7) is 5.29. The average molecular weight is 407 g/mol. The molecule has 6 nitrogen and oxygen atoms in total. The number of carbonyl (C=O) groups excluding carboxylic acids is 2. The number of nitrogens with one attached hydrogen (secondary N) is 2. The third-order valence-electron chi connectivity index (χ3n) is 4.02. The smallest absolute Gasteiger partial charge is 0.412 e. The zero-order valence-corrected chi connectivity index (χ0v) is 16.9. The molecule has 0 saturated heterocycles. The van der Waals surface area contributed by atoms with Crippen LogP contribution in [0.5, 0.6) is 0 Å². The Hall–Kier alpha value is -3.74. The standard InChI is InChI=1S/C23H22FN3O3/c1-23(2,3)30-22(29)27-19-11-7-6-10-18(19)26-21(28)17-9-5-4-8-16(17)15-12-13-25-20(24)14-15/h4-14H,1-3H3,(H,26,28)(H,27,29). The minimum absolute atomic E-state index is 0.357. The van der Waals surface area contributed by atoms with Crippen molar-refractivity contribution in [3.8, 4) is 11.1 Å². The number of pyridine rings is 1. The highest BCUT2D eigenvalue weighted by molar-refractivity contribution is 6.10. The second-order valence-corrected chi connectivity index (χ2v) is 7.54. The van der Waals surface area contributed by atoms with E-state index in [1.54, 1.807) is 75.4 Å². The quantitative estimate of drug-likeness (QED) is 0.561. The van der Waals surface area contributed by atoms with Gasteiger partial charge >= 0.3 is 6.09 Å². The normalized spacial score (nSPS) is 10.9. The fourth-order valence-corrected chi connectivity index (χ4v) is 2.81. The molecule has 7 heteroatoms. The van der Waals surface area contributed by atoms with E-state index in [1.807, 2.05) is 0 Å². The summed E-state index contributed by atoms with van der Waals surface area (Å²) < 4.78 is 18.8. The number of carbonyl (C=O) groups is 2. The topological polar surface area (TPSA) is 80.3 Å². The maximum atomic E-state index is 13.6. The van der Waals surface area contributed by atoms with Gasteiger partial charge < -0.3 is 10.1 Å². The third kappa shape index (κ3) is 5.41. The van der Waals surface area contributed by atoms with Gasteiger partial charge in [-0.3, -0.25) is 10.1 Å². The molecule has 0 fully saturated rings. The van der Waals surface area contributed by atoms with Crippen LogP contribution in [0, 0.1) is 5.95 Å². The number of hydrogen-bond acceptors (Lipinski definition) is 4. The van der Waals surface area contributed by atoms with Crippen molar-refractivity contribution in [3.63, 3.8) is 0 Å². The molecule has 0 radical (unpaired) electrons. The van der Waals surface area contributed by atoms with Crippen molar-refractivity contribution < 1.29 is 18.7 Å². The van der Waals surface area contributed by atoms with Crippen LogP contribution in [0.15, 0.2) is 66.9 Å². The number of halogens is 1. The molecular formula is C23H22FN3O3. The van der Waals surface area contributed by atoms with Crippen LogP contribution in [0.4, 0.5) is 20.6 Å². The van der Waals surface area contributed by atoms with Gasteiger partial charge in [-0.1, -0.05) is 30.3 Å². The number of rotatable bonds is 4. The first-order valence-electron chi connectivity index (χ1n) is 9.34. The summed E-state index contributed by atoms with van der Waals surface area (Å²) in [6.07, 6.45) is 0.719. The number of ether oxygens (including phenoxy) is 1. The lowest BCUT2D eigenvalue weighted by Crippen LogP contribution is -2.27. The molecule has 2 aromatic carbocycles. The number of nitrogens with zero attached hydrogens (tertiary/aromatic N) is 1. The van der Waals surface area contributed by atoms with Gasteiger partial charge in [-0.15, -0.1) is 0 Å². The Kier molecular flexibility index (Phi) is 6.11. The van der Waals surface area contributed by atoms with E-state index in [0.29, 0.717) is 28.1 Å². The zero-order chi connectivity index (χ0) is 21.7. The Morgan fingerprint density at radius 3 is 2.23 bits per heavy atom. The van der Waals surface area contributed by atoms with Gasteiger partial charge in [-0.2, -0.15) is 4.39 Å². The molecule has 0 aliphatic carbocycles. The summed E-state index contributed by atoms with van der Waals surface area (Å²) in [6, 6.07) is 16.6. The van der Waals surface area contributed by atoms with Crippen LogP contribution in [0.25, 0.3) is 11.1 Å². The molecule has 154 valence electrons. The van der Waals surface area contributed by atoms with Crippen LogP contribution < -0.4 is 10.6 Å². The molecule has 0 saturated carbocycles. The molecule has 30 heavy (non-hydrogen) atoms. The Morgan fingerprint density at radius 1 is 0.933 bits per heavy atom. The van der Waals surface area contributed by atoms with Crippen LogP contribution in [0.3, 0.4) is 0 Å². The molecule has 0 aliphatic heterocycles. The maximum Gasteiger partial charge on any atom is 0.412 e. The SMILES string of the molecule is CC(C)(C)OC(=O)Nc1ccccc1NC(=O)c1ccccc1-c1ccnc(F)c1. The second kappa shape index (κ2) is 8.73. The van der Waals surface area contributed by atoms with Crippen molar-refractivity contribution >= 4 is 23.4 Å². The molecule has 3 aromatic rings. The fourth-order valence-electron chi connectivity index (χ4n) is 2.81. The molecule has 0 bridgehead atoms.